The lowest BCUT2D eigenvalue weighted by atomic mass is 9.87. The average Bonchev–Trinajstić information content (AvgIpc) is 2.83. The zero-order chi connectivity index (χ0) is 15.5. The van der Waals surface area contributed by atoms with Crippen molar-refractivity contribution in [3.63, 3.8) is 0 Å². The monoisotopic (exact) mass is 285 g/mol. The summed E-state index contributed by atoms with van der Waals surface area (Å²) in [6.45, 7) is 12.7. The Morgan fingerprint density at radius 2 is 1.76 bits per heavy atom. The second kappa shape index (κ2) is 6.44. The quantitative estimate of drug-likeness (QED) is 0.907. The van der Waals surface area contributed by atoms with Crippen molar-refractivity contribution in [2.45, 2.75) is 59.2 Å². The number of nitrogens with zero attached hydrogens (tertiary/aromatic N) is 2. The molecule has 0 amide bonds. The summed E-state index contributed by atoms with van der Waals surface area (Å²) in [4.78, 5) is 0. The topological polar surface area (TPSA) is 29.9 Å². The molecule has 2 rings (SSSR count). The molecule has 0 aliphatic rings. The molecule has 3 heteroatoms. The maximum absolute atomic E-state index is 4.44. The van der Waals surface area contributed by atoms with E-state index in [2.05, 4.69) is 75.5 Å². The molecule has 0 fully saturated rings. The van der Waals surface area contributed by atoms with E-state index in [-0.39, 0.29) is 5.41 Å². The van der Waals surface area contributed by atoms with Crippen molar-refractivity contribution < 1.29 is 0 Å². The Morgan fingerprint density at radius 1 is 1.10 bits per heavy atom. The van der Waals surface area contributed by atoms with Gasteiger partial charge >= 0.3 is 0 Å². The molecule has 1 heterocycles. The number of rotatable bonds is 5. The third kappa shape index (κ3) is 4.71. The van der Waals surface area contributed by atoms with Crippen LogP contribution in [-0.2, 0) is 18.5 Å². The molecule has 0 saturated heterocycles. The molecule has 1 aromatic carbocycles. The van der Waals surface area contributed by atoms with E-state index in [1.54, 1.807) is 0 Å². The van der Waals surface area contributed by atoms with Gasteiger partial charge in [0.05, 0.1) is 12.7 Å². The highest BCUT2D eigenvalue weighted by Gasteiger charge is 2.12. The summed E-state index contributed by atoms with van der Waals surface area (Å²) < 4.78 is 2.00. The molecule has 0 aliphatic carbocycles. The van der Waals surface area contributed by atoms with E-state index in [4.69, 9.17) is 0 Å². The van der Waals surface area contributed by atoms with Crippen LogP contribution in [0.4, 0.5) is 0 Å². The zero-order valence-electron chi connectivity index (χ0n) is 13.9. The second-order valence-electron chi connectivity index (χ2n) is 7.03. The van der Waals surface area contributed by atoms with E-state index < -0.39 is 0 Å². The van der Waals surface area contributed by atoms with Crippen LogP contribution < -0.4 is 5.32 Å². The summed E-state index contributed by atoms with van der Waals surface area (Å²) in [5.74, 6) is 0. The lowest BCUT2D eigenvalue weighted by Gasteiger charge is -2.19. The van der Waals surface area contributed by atoms with Gasteiger partial charge in [0.15, 0.2) is 0 Å². The first-order valence-electron chi connectivity index (χ1n) is 7.69. The third-order valence-electron chi connectivity index (χ3n) is 3.57. The highest BCUT2D eigenvalue weighted by molar-refractivity contribution is 5.27. The maximum Gasteiger partial charge on any atom is 0.0659 e. The molecule has 0 atom stereocenters. The van der Waals surface area contributed by atoms with E-state index in [1.165, 1.54) is 16.7 Å². The molecular formula is C18H27N3. The van der Waals surface area contributed by atoms with Gasteiger partial charge in [0.2, 0.25) is 0 Å². The van der Waals surface area contributed by atoms with Crippen molar-refractivity contribution in [1.82, 2.24) is 15.1 Å². The third-order valence-corrected chi connectivity index (χ3v) is 3.57. The van der Waals surface area contributed by atoms with Gasteiger partial charge in [-0.15, -0.1) is 0 Å². The normalized spacial score (nSPS) is 12.1. The molecule has 1 N–H and O–H groups in total. The van der Waals surface area contributed by atoms with E-state index in [1.807, 2.05) is 10.9 Å². The van der Waals surface area contributed by atoms with Crippen molar-refractivity contribution in [2.75, 3.05) is 0 Å². The molecule has 21 heavy (non-hydrogen) atoms. The van der Waals surface area contributed by atoms with Gasteiger partial charge in [-0.05, 0) is 16.5 Å². The van der Waals surface area contributed by atoms with E-state index in [0.717, 1.165) is 13.1 Å². The summed E-state index contributed by atoms with van der Waals surface area (Å²) in [5.41, 5.74) is 4.10. The maximum atomic E-state index is 4.44. The second-order valence-corrected chi connectivity index (χ2v) is 7.03. The van der Waals surface area contributed by atoms with Crippen LogP contribution in [0, 0.1) is 0 Å². The molecule has 0 radical (unpaired) electrons. The SMILES string of the molecule is CC(C)NCc1cnn(Cc2ccc(C(C)(C)C)cc2)c1. The number of benzene rings is 1. The minimum atomic E-state index is 0.208. The van der Waals surface area contributed by atoms with E-state index >= 15 is 0 Å². The Bertz CT molecular complexity index is 559. The van der Waals surface area contributed by atoms with E-state index in [0.29, 0.717) is 6.04 Å². The predicted molar refractivity (Wildman–Crippen MR) is 88.4 cm³/mol. The van der Waals surface area contributed by atoms with Gasteiger partial charge in [-0.1, -0.05) is 58.9 Å². The van der Waals surface area contributed by atoms with Crippen LogP contribution in [0.2, 0.25) is 0 Å². The van der Waals surface area contributed by atoms with Crippen LogP contribution in [0.25, 0.3) is 0 Å². The van der Waals surface area contributed by atoms with Gasteiger partial charge in [-0.3, -0.25) is 4.68 Å². The summed E-state index contributed by atoms with van der Waals surface area (Å²) in [6, 6.07) is 9.35. The molecule has 2 aromatic rings. The standard InChI is InChI=1S/C18H27N3/c1-14(2)19-10-16-11-20-21(13-16)12-15-6-8-17(9-7-15)18(3,4)5/h6-9,11,13-14,19H,10,12H2,1-5H3. The minimum absolute atomic E-state index is 0.208. The Hall–Kier alpha value is -1.61. The van der Waals surface area contributed by atoms with Crippen molar-refractivity contribution in [3.05, 3.63) is 53.3 Å². The predicted octanol–water partition coefficient (Wildman–Crippen LogP) is 3.73. The first kappa shape index (κ1) is 15.8. The highest BCUT2D eigenvalue weighted by atomic mass is 15.3. The fraction of sp³-hybridized carbons (Fsp3) is 0.500. The van der Waals surface area contributed by atoms with Gasteiger partial charge in [0.25, 0.3) is 0 Å². The van der Waals surface area contributed by atoms with Crippen molar-refractivity contribution >= 4 is 0 Å². The van der Waals surface area contributed by atoms with Crippen molar-refractivity contribution in [2.24, 2.45) is 0 Å². The number of aromatic nitrogens is 2. The first-order valence-corrected chi connectivity index (χ1v) is 7.69. The fourth-order valence-electron chi connectivity index (χ4n) is 2.20. The lowest BCUT2D eigenvalue weighted by Crippen LogP contribution is -2.21. The Kier molecular flexibility index (Phi) is 4.84. The highest BCUT2D eigenvalue weighted by Crippen LogP contribution is 2.22. The summed E-state index contributed by atoms with van der Waals surface area (Å²) in [7, 11) is 0. The average molecular weight is 285 g/mol. The number of nitrogens with one attached hydrogen (secondary N) is 1. The van der Waals surface area contributed by atoms with E-state index in [9.17, 15) is 0 Å². The van der Waals surface area contributed by atoms with Crippen LogP contribution in [0.3, 0.4) is 0 Å². The first-order chi connectivity index (χ1) is 9.84. The Balaban J connectivity index is 1.98. The summed E-state index contributed by atoms with van der Waals surface area (Å²) >= 11 is 0. The molecule has 114 valence electrons. The molecule has 0 saturated carbocycles. The van der Waals surface area contributed by atoms with Gasteiger partial charge in [-0.25, -0.2) is 0 Å². The van der Waals surface area contributed by atoms with Crippen LogP contribution in [0.5, 0.6) is 0 Å². The van der Waals surface area contributed by atoms with Gasteiger partial charge in [-0.2, -0.15) is 5.10 Å². The Labute approximate surface area is 128 Å². The molecule has 0 spiro atoms. The Morgan fingerprint density at radius 3 is 2.33 bits per heavy atom. The number of hydrogen-bond acceptors (Lipinski definition) is 2. The molecular weight excluding hydrogens is 258 g/mol. The summed E-state index contributed by atoms with van der Waals surface area (Å²) in [6.07, 6.45) is 4.06. The fourth-order valence-corrected chi connectivity index (χ4v) is 2.20. The molecule has 0 aliphatic heterocycles. The lowest BCUT2D eigenvalue weighted by molar-refractivity contribution is 0.587. The van der Waals surface area contributed by atoms with Crippen molar-refractivity contribution in [3.8, 4) is 0 Å². The van der Waals surface area contributed by atoms with Gasteiger partial charge in [0.1, 0.15) is 0 Å². The smallest absolute Gasteiger partial charge is 0.0659 e. The van der Waals surface area contributed by atoms with Crippen molar-refractivity contribution in [1.29, 1.82) is 0 Å². The number of hydrogen-bond donors (Lipinski definition) is 1. The van der Waals surface area contributed by atoms with Gasteiger partial charge < -0.3 is 5.32 Å². The molecule has 0 bridgehead atoms. The summed E-state index contributed by atoms with van der Waals surface area (Å²) in [5, 5.41) is 7.85. The van der Waals surface area contributed by atoms with Gasteiger partial charge in [0, 0.05) is 24.3 Å². The zero-order valence-corrected chi connectivity index (χ0v) is 13.9. The molecule has 3 nitrogen and oxygen atoms in total. The van der Waals surface area contributed by atoms with Crippen LogP contribution in [0.15, 0.2) is 36.7 Å². The minimum Gasteiger partial charge on any atom is -0.310 e. The van der Waals surface area contributed by atoms with Crippen LogP contribution in [-0.4, -0.2) is 15.8 Å². The molecule has 0 unspecified atom stereocenters. The van der Waals surface area contributed by atoms with Crippen LogP contribution in [0.1, 0.15) is 51.3 Å². The molecule has 1 aromatic heterocycles. The van der Waals surface area contributed by atoms with Crippen LogP contribution >= 0.6 is 0 Å². The largest absolute Gasteiger partial charge is 0.310 e.